The van der Waals surface area contributed by atoms with Gasteiger partial charge in [0, 0.05) is 26.2 Å². The van der Waals surface area contributed by atoms with Gasteiger partial charge < -0.3 is 10.0 Å². The average molecular weight is 217 g/mol. The van der Waals surface area contributed by atoms with Gasteiger partial charge in [-0.05, 0) is 18.3 Å². The maximum absolute atomic E-state index is 9.09. The molecule has 0 radical (unpaired) electrons. The van der Waals surface area contributed by atoms with Crippen molar-refractivity contribution in [1.29, 1.82) is 5.26 Å². The Hall–Kier alpha value is -0.300. The molecular formula is C10H17ClN2O. The van der Waals surface area contributed by atoms with E-state index in [1.54, 1.807) is 0 Å². The standard InChI is InChI=1S/C10H17ClN2O/c1-8-2-9(7-14)5-13(4-8)6-10(11)3-12/h8-10,14H,2,4-7H2,1H3. The number of nitriles is 1. The van der Waals surface area contributed by atoms with Crippen LogP contribution >= 0.6 is 11.6 Å². The second kappa shape index (κ2) is 5.55. The van der Waals surface area contributed by atoms with Gasteiger partial charge in [0.05, 0.1) is 6.07 Å². The highest BCUT2D eigenvalue weighted by atomic mass is 35.5. The number of alkyl halides is 1. The summed E-state index contributed by atoms with van der Waals surface area (Å²) in [6, 6.07) is 2.02. The van der Waals surface area contributed by atoms with Crippen molar-refractivity contribution in [2.45, 2.75) is 18.7 Å². The average Bonchev–Trinajstić information content (AvgIpc) is 2.16. The number of hydrogen-bond donors (Lipinski definition) is 1. The summed E-state index contributed by atoms with van der Waals surface area (Å²) in [6.45, 7) is 4.87. The normalized spacial score (nSPS) is 31.0. The summed E-state index contributed by atoms with van der Waals surface area (Å²) in [7, 11) is 0. The topological polar surface area (TPSA) is 47.3 Å². The molecule has 1 aliphatic rings. The zero-order valence-electron chi connectivity index (χ0n) is 8.49. The lowest BCUT2D eigenvalue weighted by molar-refractivity contribution is 0.0925. The van der Waals surface area contributed by atoms with Gasteiger partial charge in [-0.15, -0.1) is 11.6 Å². The first-order valence-electron chi connectivity index (χ1n) is 5.02. The highest BCUT2D eigenvalue weighted by Crippen LogP contribution is 2.21. The molecule has 0 amide bonds. The number of likely N-dealkylation sites (tertiary alicyclic amines) is 1. The van der Waals surface area contributed by atoms with Gasteiger partial charge in [-0.3, -0.25) is 0 Å². The zero-order chi connectivity index (χ0) is 10.6. The van der Waals surface area contributed by atoms with E-state index in [2.05, 4.69) is 11.8 Å². The molecule has 1 rings (SSSR count). The van der Waals surface area contributed by atoms with Crippen molar-refractivity contribution in [1.82, 2.24) is 4.90 Å². The van der Waals surface area contributed by atoms with Crippen LogP contribution in [0, 0.1) is 23.2 Å². The number of piperidine rings is 1. The van der Waals surface area contributed by atoms with Crippen LogP contribution in [0.25, 0.3) is 0 Å². The SMILES string of the molecule is CC1CC(CO)CN(CC(Cl)C#N)C1. The van der Waals surface area contributed by atoms with E-state index in [1.165, 1.54) is 0 Å². The Bertz CT molecular complexity index is 217. The van der Waals surface area contributed by atoms with Crippen LogP contribution in [0.1, 0.15) is 13.3 Å². The van der Waals surface area contributed by atoms with Crippen LogP contribution in [0.5, 0.6) is 0 Å². The van der Waals surface area contributed by atoms with Crippen molar-refractivity contribution in [3.05, 3.63) is 0 Å². The van der Waals surface area contributed by atoms with Crippen molar-refractivity contribution in [3.8, 4) is 6.07 Å². The molecule has 0 aromatic carbocycles. The number of aliphatic hydroxyl groups is 1. The monoisotopic (exact) mass is 216 g/mol. The molecule has 3 nitrogen and oxygen atoms in total. The van der Waals surface area contributed by atoms with E-state index in [-0.39, 0.29) is 6.61 Å². The highest BCUT2D eigenvalue weighted by Gasteiger charge is 2.25. The van der Waals surface area contributed by atoms with Crippen molar-refractivity contribution < 1.29 is 5.11 Å². The fourth-order valence-electron chi connectivity index (χ4n) is 2.15. The maximum Gasteiger partial charge on any atom is 0.133 e. The number of aliphatic hydroxyl groups excluding tert-OH is 1. The summed E-state index contributed by atoms with van der Waals surface area (Å²) < 4.78 is 0. The lowest BCUT2D eigenvalue weighted by atomic mass is 9.91. The molecule has 1 fully saturated rings. The summed E-state index contributed by atoms with van der Waals surface area (Å²) in [6.07, 6.45) is 1.08. The molecule has 1 heterocycles. The second-order valence-electron chi connectivity index (χ2n) is 4.20. The quantitative estimate of drug-likeness (QED) is 0.718. The van der Waals surface area contributed by atoms with Crippen molar-refractivity contribution >= 4 is 11.6 Å². The molecular weight excluding hydrogens is 200 g/mol. The van der Waals surface area contributed by atoms with Crippen molar-refractivity contribution in [3.63, 3.8) is 0 Å². The van der Waals surface area contributed by atoms with Crippen molar-refractivity contribution in [2.24, 2.45) is 11.8 Å². The van der Waals surface area contributed by atoms with Crippen LogP contribution in [-0.4, -0.2) is 41.6 Å². The molecule has 4 heteroatoms. The summed E-state index contributed by atoms with van der Waals surface area (Å²) in [5.74, 6) is 0.935. The molecule has 1 saturated heterocycles. The van der Waals surface area contributed by atoms with Gasteiger partial charge in [0.25, 0.3) is 0 Å². The van der Waals surface area contributed by atoms with Gasteiger partial charge in [0.1, 0.15) is 5.38 Å². The predicted molar refractivity (Wildman–Crippen MR) is 56.1 cm³/mol. The van der Waals surface area contributed by atoms with E-state index in [0.717, 1.165) is 19.5 Å². The van der Waals surface area contributed by atoms with Crippen LogP contribution in [0.3, 0.4) is 0 Å². The van der Waals surface area contributed by atoms with Crippen molar-refractivity contribution in [2.75, 3.05) is 26.2 Å². The molecule has 3 unspecified atom stereocenters. The van der Waals surface area contributed by atoms with Crippen LogP contribution in [0.15, 0.2) is 0 Å². The first-order valence-corrected chi connectivity index (χ1v) is 5.46. The smallest absolute Gasteiger partial charge is 0.133 e. The minimum absolute atomic E-state index is 0.236. The summed E-state index contributed by atoms with van der Waals surface area (Å²) in [5.41, 5.74) is 0. The third-order valence-corrected chi connectivity index (χ3v) is 2.87. The fourth-order valence-corrected chi connectivity index (χ4v) is 2.34. The van der Waals surface area contributed by atoms with Gasteiger partial charge >= 0.3 is 0 Å². The largest absolute Gasteiger partial charge is 0.396 e. The van der Waals surface area contributed by atoms with E-state index in [4.69, 9.17) is 22.0 Å². The molecule has 1 aliphatic heterocycles. The van der Waals surface area contributed by atoms with Crippen LogP contribution in [-0.2, 0) is 0 Å². The molecule has 0 aromatic heterocycles. The van der Waals surface area contributed by atoms with Crippen LogP contribution < -0.4 is 0 Å². The zero-order valence-corrected chi connectivity index (χ0v) is 9.24. The molecule has 0 saturated carbocycles. The van der Waals surface area contributed by atoms with Gasteiger partial charge in [-0.25, -0.2) is 0 Å². The number of hydrogen-bond acceptors (Lipinski definition) is 3. The molecule has 0 aliphatic carbocycles. The first kappa shape index (κ1) is 11.8. The van der Waals surface area contributed by atoms with E-state index in [9.17, 15) is 0 Å². The Morgan fingerprint density at radius 2 is 2.36 bits per heavy atom. The van der Waals surface area contributed by atoms with Crippen LogP contribution in [0.2, 0.25) is 0 Å². The van der Waals surface area contributed by atoms with Crippen LogP contribution in [0.4, 0.5) is 0 Å². The molecule has 0 spiro atoms. The maximum atomic E-state index is 9.09. The Labute approximate surface area is 90.3 Å². The number of halogens is 1. The highest BCUT2D eigenvalue weighted by molar-refractivity contribution is 6.22. The van der Waals surface area contributed by atoms with Gasteiger partial charge in [-0.1, -0.05) is 6.92 Å². The lowest BCUT2D eigenvalue weighted by Crippen LogP contribution is -2.43. The third kappa shape index (κ3) is 3.45. The second-order valence-corrected chi connectivity index (χ2v) is 4.73. The number of nitrogens with zero attached hydrogens (tertiary/aromatic N) is 2. The molecule has 0 aromatic rings. The Morgan fingerprint density at radius 3 is 2.93 bits per heavy atom. The fraction of sp³-hybridized carbons (Fsp3) is 0.900. The summed E-state index contributed by atoms with van der Waals surface area (Å²) >= 11 is 5.77. The van der Waals surface area contributed by atoms with E-state index in [0.29, 0.717) is 18.4 Å². The van der Waals surface area contributed by atoms with Gasteiger partial charge in [-0.2, -0.15) is 5.26 Å². The molecule has 3 atom stereocenters. The summed E-state index contributed by atoms with van der Waals surface area (Å²) in [5, 5.41) is 17.3. The number of rotatable bonds is 3. The molecule has 80 valence electrons. The van der Waals surface area contributed by atoms with E-state index in [1.807, 2.05) is 6.07 Å². The van der Waals surface area contributed by atoms with E-state index < -0.39 is 5.38 Å². The lowest BCUT2D eigenvalue weighted by Gasteiger charge is -2.35. The van der Waals surface area contributed by atoms with E-state index >= 15 is 0 Å². The predicted octanol–water partition coefficient (Wildman–Crippen LogP) is 1.07. The first-order chi connectivity index (χ1) is 6.65. The van der Waals surface area contributed by atoms with Gasteiger partial charge in [0.2, 0.25) is 0 Å². The Kier molecular flexibility index (Phi) is 4.67. The third-order valence-electron chi connectivity index (χ3n) is 2.64. The Balaban J connectivity index is 2.41. The minimum atomic E-state index is -0.431. The molecule has 14 heavy (non-hydrogen) atoms. The molecule has 0 bridgehead atoms. The Morgan fingerprint density at radius 1 is 1.64 bits per heavy atom. The van der Waals surface area contributed by atoms with Gasteiger partial charge in [0.15, 0.2) is 0 Å². The summed E-state index contributed by atoms with van der Waals surface area (Å²) in [4.78, 5) is 2.18. The molecule has 1 N–H and O–H groups in total. The minimum Gasteiger partial charge on any atom is -0.396 e.